The monoisotopic (exact) mass is 380 g/mol. The summed E-state index contributed by atoms with van der Waals surface area (Å²) in [6.45, 7) is 0. The second kappa shape index (κ2) is 6.36. The van der Waals surface area contributed by atoms with Crippen LogP contribution in [0.1, 0.15) is 35.3 Å². The fraction of sp³-hybridized carbons (Fsp3) is 0.300. The minimum absolute atomic E-state index is 0.142. The molecule has 5 rings (SSSR count). The Bertz CT molecular complexity index is 962. The molecule has 0 aliphatic heterocycles. The van der Waals surface area contributed by atoms with E-state index in [1.54, 1.807) is 24.3 Å². The fourth-order valence-electron chi connectivity index (χ4n) is 4.00. The normalized spacial score (nSPS) is 24.7. The van der Waals surface area contributed by atoms with Crippen LogP contribution in [0, 0.1) is 16.7 Å². The fourth-order valence-corrected chi connectivity index (χ4v) is 4.20. The zero-order valence-corrected chi connectivity index (χ0v) is 15.2. The molecule has 3 saturated carbocycles. The van der Waals surface area contributed by atoms with Gasteiger partial charge in [0, 0.05) is 22.4 Å². The van der Waals surface area contributed by atoms with Gasteiger partial charge in [-0.3, -0.25) is 14.6 Å². The van der Waals surface area contributed by atoms with Crippen LogP contribution in [0.4, 0.5) is 5.69 Å². The van der Waals surface area contributed by atoms with Crippen LogP contribution in [0.5, 0.6) is 0 Å². The summed E-state index contributed by atoms with van der Waals surface area (Å²) in [5, 5.41) is 15.4. The van der Waals surface area contributed by atoms with E-state index in [2.05, 4.69) is 21.7 Å². The average molecular weight is 381 g/mol. The summed E-state index contributed by atoms with van der Waals surface area (Å²) < 4.78 is 0. The molecule has 1 aromatic carbocycles. The Morgan fingerprint density at radius 2 is 1.96 bits per heavy atom. The van der Waals surface area contributed by atoms with Crippen LogP contribution in [0.15, 0.2) is 42.6 Å². The molecule has 0 atom stereocenters. The van der Waals surface area contributed by atoms with Crippen LogP contribution < -0.4 is 10.6 Å². The first kappa shape index (κ1) is 17.5. The molecule has 0 saturated heterocycles. The predicted octanol–water partition coefficient (Wildman–Crippen LogP) is 3.09. The van der Waals surface area contributed by atoms with Gasteiger partial charge in [0.15, 0.2) is 0 Å². The highest BCUT2D eigenvalue weighted by Gasteiger charge is 2.69. The van der Waals surface area contributed by atoms with E-state index >= 15 is 0 Å². The molecule has 2 bridgehead atoms. The Labute approximate surface area is 161 Å². The standard InChI is InChI=1S/C20H17ClN4O2/c21-15-4-2-1-3-13(15)7-17(26)24-14-5-6-23-16(8-14)18(27)25-20-9-19(10-20,11-20)12-22/h1-6,8H,7,9-11H2,(H,25,27)(H,23,24,26). The van der Waals surface area contributed by atoms with E-state index in [1.807, 2.05) is 12.1 Å². The Kier molecular flexibility index (Phi) is 4.12. The van der Waals surface area contributed by atoms with E-state index in [0.717, 1.165) is 5.56 Å². The second-order valence-corrected chi connectivity index (χ2v) is 7.81. The second-order valence-electron chi connectivity index (χ2n) is 7.40. The summed E-state index contributed by atoms with van der Waals surface area (Å²) >= 11 is 6.08. The lowest BCUT2D eigenvalue weighted by Gasteiger charge is -2.66. The first-order valence-corrected chi connectivity index (χ1v) is 9.04. The number of anilines is 1. The van der Waals surface area contributed by atoms with E-state index in [1.165, 1.54) is 6.20 Å². The minimum Gasteiger partial charge on any atom is -0.345 e. The van der Waals surface area contributed by atoms with Crippen LogP contribution in [0.3, 0.4) is 0 Å². The maximum atomic E-state index is 12.5. The first-order valence-electron chi connectivity index (χ1n) is 8.66. The number of carbonyl (C=O) groups is 2. The van der Waals surface area contributed by atoms with E-state index < -0.39 is 0 Å². The third kappa shape index (κ3) is 3.26. The van der Waals surface area contributed by atoms with Gasteiger partial charge in [-0.1, -0.05) is 29.8 Å². The van der Waals surface area contributed by atoms with Crippen LogP contribution >= 0.6 is 11.6 Å². The summed E-state index contributed by atoms with van der Waals surface area (Å²) in [6, 6.07) is 12.7. The van der Waals surface area contributed by atoms with Crippen molar-refractivity contribution in [2.24, 2.45) is 5.41 Å². The Morgan fingerprint density at radius 1 is 1.22 bits per heavy atom. The van der Waals surface area contributed by atoms with Gasteiger partial charge in [0.25, 0.3) is 5.91 Å². The van der Waals surface area contributed by atoms with Crippen LogP contribution in [0.25, 0.3) is 0 Å². The SMILES string of the molecule is N#CC12CC(NC(=O)c3cc(NC(=O)Cc4ccccc4Cl)ccn3)(C1)C2. The number of aromatic nitrogens is 1. The number of pyridine rings is 1. The number of hydrogen-bond donors (Lipinski definition) is 2. The van der Waals surface area contributed by atoms with Gasteiger partial charge in [-0.15, -0.1) is 0 Å². The molecule has 3 aliphatic carbocycles. The topological polar surface area (TPSA) is 94.9 Å². The molecule has 0 spiro atoms. The van der Waals surface area contributed by atoms with Crippen molar-refractivity contribution in [3.05, 3.63) is 58.9 Å². The van der Waals surface area contributed by atoms with Gasteiger partial charge in [-0.2, -0.15) is 5.26 Å². The van der Waals surface area contributed by atoms with Gasteiger partial charge in [-0.25, -0.2) is 0 Å². The number of halogens is 1. The lowest BCUT2D eigenvalue weighted by atomic mass is 9.40. The molecule has 1 heterocycles. The first-order chi connectivity index (χ1) is 12.9. The quantitative estimate of drug-likeness (QED) is 0.833. The Hall–Kier alpha value is -2.91. The van der Waals surface area contributed by atoms with E-state index in [0.29, 0.717) is 30.0 Å². The molecular formula is C20H17ClN4O2. The van der Waals surface area contributed by atoms with Crippen molar-refractivity contribution in [3.63, 3.8) is 0 Å². The zero-order valence-electron chi connectivity index (χ0n) is 14.5. The Morgan fingerprint density at radius 3 is 2.67 bits per heavy atom. The molecule has 2 N–H and O–H groups in total. The number of hydrogen-bond acceptors (Lipinski definition) is 4. The maximum absolute atomic E-state index is 12.5. The highest BCUT2D eigenvalue weighted by molar-refractivity contribution is 6.31. The van der Waals surface area contributed by atoms with Gasteiger partial charge in [0.05, 0.1) is 17.9 Å². The molecule has 2 amide bonds. The van der Waals surface area contributed by atoms with Gasteiger partial charge in [-0.05, 0) is 43.0 Å². The molecule has 6 nitrogen and oxygen atoms in total. The van der Waals surface area contributed by atoms with Crippen molar-refractivity contribution in [1.82, 2.24) is 10.3 Å². The highest BCUT2D eigenvalue weighted by Crippen LogP contribution is 2.66. The third-order valence-electron chi connectivity index (χ3n) is 5.23. The van der Waals surface area contributed by atoms with Crippen molar-refractivity contribution in [3.8, 4) is 6.07 Å². The molecule has 3 fully saturated rings. The number of nitrogens with one attached hydrogen (secondary N) is 2. The van der Waals surface area contributed by atoms with E-state index in [9.17, 15) is 9.59 Å². The van der Waals surface area contributed by atoms with Crippen molar-refractivity contribution in [2.45, 2.75) is 31.2 Å². The summed E-state index contributed by atoms with van der Waals surface area (Å²) in [4.78, 5) is 28.8. The van der Waals surface area contributed by atoms with Crippen molar-refractivity contribution in [1.29, 1.82) is 5.26 Å². The molecule has 3 aliphatic rings. The highest BCUT2D eigenvalue weighted by atomic mass is 35.5. The molecule has 136 valence electrons. The lowest BCUT2D eigenvalue weighted by molar-refractivity contribution is -0.115. The van der Waals surface area contributed by atoms with Crippen molar-refractivity contribution >= 4 is 29.1 Å². The smallest absolute Gasteiger partial charge is 0.270 e. The number of carbonyl (C=O) groups excluding carboxylic acids is 2. The van der Waals surface area contributed by atoms with Gasteiger partial charge >= 0.3 is 0 Å². The van der Waals surface area contributed by atoms with Crippen molar-refractivity contribution in [2.75, 3.05) is 5.32 Å². The van der Waals surface area contributed by atoms with Crippen molar-refractivity contribution < 1.29 is 9.59 Å². The lowest BCUT2D eigenvalue weighted by Crippen LogP contribution is -2.74. The molecule has 1 aromatic heterocycles. The number of rotatable bonds is 5. The Balaban J connectivity index is 1.38. The van der Waals surface area contributed by atoms with Gasteiger partial charge < -0.3 is 10.6 Å². The summed E-state index contributed by atoms with van der Waals surface area (Å²) in [5.74, 6) is -0.514. The molecule has 7 heteroatoms. The zero-order chi connectivity index (χ0) is 19.1. The molecule has 0 radical (unpaired) electrons. The predicted molar refractivity (Wildman–Crippen MR) is 100 cm³/mol. The van der Waals surface area contributed by atoms with E-state index in [-0.39, 0.29) is 34.9 Å². The van der Waals surface area contributed by atoms with Crippen LogP contribution in [-0.2, 0) is 11.2 Å². The van der Waals surface area contributed by atoms with Crippen LogP contribution in [0.2, 0.25) is 5.02 Å². The number of nitrogens with zero attached hydrogens (tertiary/aromatic N) is 2. The number of nitriles is 1. The maximum Gasteiger partial charge on any atom is 0.270 e. The summed E-state index contributed by atoms with van der Waals surface area (Å²) in [5.41, 5.74) is 0.992. The minimum atomic E-state index is -0.288. The molecule has 0 unspecified atom stereocenters. The third-order valence-corrected chi connectivity index (χ3v) is 5.60. The summed E-state index contributed by atoms with van der Waals surface area (Å²) in [6.07, 6.45) is 3.74. The number of amides is 2. The number of benzene rings is 1. The van der Waals surface area contributed by atoms with Crippen LogP contribution in [-0.4, -0.2) is 22.3 Å². The summed E-state index contributed by atoms with van der Waals surface area (Å²) in [7, 11) is 0. The largest absolute Gasteiger partial charge is 0.345 e. The van der Waals surface area contributed by atoms with Gasteiger partial charge in [0.2, 0.25) is 5.91 Å². The van der Waals surface area contributed by atoms with Gasteiger partial charge in [0.1, 0.15) is 5.69 Å². The molecular weight excluding hydrogens is 364 g/mol. The molecule has 27 heavy (non-hydrogen) atoms. The molecule has 2 aromatic rings. The van der Waals surface area contributed by atoms with E-state index in [4.69, 9.17) is 16.9 Å². The average Bonchev–Trinajstić information content (AvgIpc) is 2.59.